The number of hydroxylamine groups is 1. The van der Waals surface area contributed by atoms with Gasteiger partial charge in [-0.2, -0.15) is 5.48 Å². The highest BCUT2D eigenvalue weighted by molar-refractivity contribution is 5.38. The van der Waals surface area contributed by atoms with Gasteiger partial charge in [-0.3, -0.25) is 0 Å². The molecule has 0 aromatic carbocycles. The molecule has 8 atom stereocenters. The standard InChI is InChI=1S/C28H41F4N3O2/c1-4-19(29)10-11-28(32)18-26(2)22(16-27(26,3)35-13-6-5-7-24(28)35)25-23(36)9-8-20(30)15-21(31)17-34-37-14-12-33-25/h5-10,20-23,25,33-34,36H,4,11-18H2,1-3H3/b9-8-,19-10+/t20?,21?,22-,23?,25?,26?,27?,28?/m0/s1. The molecule has 0 aromatic heterocycles. The van der Waals surface area contributed by atoms with Gasteiger partial charge in [0.05, 0.1) is 30.8 Å². The van der Waals surface area contributed by atoms with Crippen LogP contribution in [0.2, 0.25) is 0 Å². The Bertz CT molecular complexity index is 942. The summed E-state index contributed by atoms with van der Waals surface area (Å²) in [7, 11) is 0. The largest absolute Gasteiger partial charge is 0.387 e. The van der Waals surface area contributed by atoms with Crippen molar-refractivity contribution >= 4 is 0 Å². The number of piperidine rings is 1. The van der Waals surface area contributed by atoms with E-state index in [1.165, 1.54) is 18.2 Å². The molecule has 1 saturated carbocycles. The fourth-order valence-electron chi connectivity index (χ4n) is 6.82. The lowest BCUT2D eigenvalue weighted by atomic mass is 9.42. The fraction of sp³-hybridized carbons (Fsp3) is 0.714. The first-order valence-corrected chi connectivity index (χ1v) is 13.4. The predicted molar refractivity (Wildman–Crippen MR) is 136 cm³/mol. The van der Waals surface area contributed by atoms with Crippen molar-refractivity contribution in [2.75, 3.05) is 26.2 Å². The van der Waals surface area contributed by atoms with Gasteiger partial charge < -0.3 is 20.2 Å². The van der Waals surface area contributed by atoms with Crippen molar-refractivity contribution in [1.29, 1.82) is 0 Å². The molecule has 208 valence electrons. The van der Waals surface area contributed by atoms with Gasteiger partial charge in [0.25, 0.3) is 0 Å². The first kappa shape index (κ1) is 28.3. The Morgan fingerprint density at radius 3 is 2.84 bits per heavy atom. The second-order valence-electron chi connectivity index (χ2n) is 11.3. The van der Waals surface area contributed by atoms with Crippen LogP contribution in [0, 0.1) is 11.3 Å². The van der Waals surface area contributed by atoms with Gasteiger partial charge in [-0.15, -0.1) is 0 Å². The average Bonchev–Trinajstić information content (AvgIpc) is 2.88. The molecule has 9 heteroatoms. The number of nitrogens with zero attached hydrogens (tertiary/aromatic N) is 1. The van der Waals surface area contributed by atoms with Crippen LogP contribution in [0.1, 0.15) is 52.9 Å². The topological polar surface area (TPSA) is 56.8 Å². The summed E-state index contributed by atoms with van der Waals surface area (Å²) >= 11 is 0. The molecule has 3 heterocycles. The summed E-state index contributed by atoms with van der Waals surface area (Å²) in [6.45, 7) is 6.91. The quantitative estimate of drug-likeness (QED) is 0.363. The fourth-order valence-corrected chi connectivity index (χ4v) is 6.82. The maximum Gasteiger partial charge on any atom is 0.154 e. The van der Waals surface area contributed by atoms with Crippen LogP contribution in [0.5, 0.6) is 0 Å². The van der Waals surface area contributed by atoms with E-state index < -0.39 is 35.6 Å². The highest BCUT2D eigenvalue weighted by Crippen LogP contribution is 2.68. The highest BCUT2D eigenvalue weighted by Gasteiger charge is 2.70. The summed E-state index contributed by atoms with van der Waals surface area (Å²) in [5, 5.41) is 14.5. The van der Waals surface area contributed by atoms with Crippen LogP contribution < -0.4 is 10.8 Å². The molecule has 7 unspecified atom stereocenters. The van der Waals surface area contributed by atoms with Crippen LogP contribution in [0.3, 0.4) is 0 Å². The Morgan fingerprint density at radius 1 is 1.30 bits per heavy atom. The minimum absolute atomic E-state index is 0.0603. The molecule has 0 aromatic rings. The molecule has 0 amide bonds. The van der Waals surface area contributed by atoms with Gasteiger partial charge in [-0.1, -0.05) is 38.2 Å². The number of rotatable bonds is 4. The molecule has 4 rings (SSSR count). The number of nitrogens with one attached hydrogen (secondary N) is 2. The summed E-state index contributed by atoms with van der Waals surface area (Å²) in [5.74, 6) is -0.480. The van der Waals surface area contributed by atoms with Crippen LogP contribution in [0.15, 0.2) is 48.0 Å². The van der Waals surface area contributed by atoms with Crippen LogP contribution >= 0.6 is 0 Å². The SMILES string of the molecule is CC/C(F)=C\CC1(F)CC2(C)[C@H](C3NCCONCC(F)CC(F)/C=C\C3O)CC2(C)N2CC=CC=C21. The van der Waals surface area contributed by atoms with Crippen molar-refractivity contribution in [2.45, 2.75) is 88.6 Å². The van der Waals surface area contributed by atoms with Gasteiger partial charge in [0.15, 0.2) is 5.67 Å². The third kappa shape index (κ3) is 5.42. The van der Waals surface area contributed by atoms with Crippen molar-refractivity contribution < 1.29 is 27.5 Å². The number of aliphatic hydroxyl groups excluding tert-OH is 1. The van der Waals surface area contributed by atoms with Crippen molar-refractivity contribution in [2.24, 2.45) is 11.3 Å². The molecule has 0 spiro atoms. The zero-order valence-electron chi connectivity index (χ0n) is 22.0. The molecular formula is C28H41F4N3O2. The molecule has 0 radical (unpaired) electrons. The monoisotopic (exact) mass is 527 g/mol. The first-order chi connectivity index (χ1) is 17.5. The number of halogens is 4. The Balaban J connectivity index is 1.63. The molecule has 1 saturated heterocycles. The van der Waals surface area contributed by atoms with Crippen molar-refractivity contribution in [3.63, 3.8) is 0 Å². The number of allylic oxidation sites excluding steroid dienone is 6. The van der Waals surface area contributed by atoms with Crippen molar-refractivity contribution in [3.05, 3.63) is 48.0 Å². The molecule has 3 N–H and O–H groups in total. The Hall–Kier alpha value is -1.68. The summed E-state index contributed by atoms with van der Waals surface area (Å²) in [5.41, 5.74) is 0.411. The van der Waals surface area contributed by atoms with E-state index in [0.29, 0.717) is 25.2 Å². The van der Waals surface area contributed by atoms with Gasteiger partial charge in [-0.25, -0.2) is 17.6 Å². The molecule has 1 aliphatic carbocycles. The maximum absolute atomic E-state index is 16.8. The van der Waals surface area contributed by atoms with E-state index in [9.17, 15) is 18.3 Å². The molecule has 5 nitrogen and oxygen atoms in total. The van der Waals surface area contributed by atoms with E-state index in [2.05, 4.69) is 22.6 Å². The zero-order valence-corrected chi connectivity index (χ0v) is 22.0. The molecular weight excluding hydrogens is 486 g/mol. The average molecular weight is 528 g/mol. The smallest absolute Gasteiger partial charge is 0.154 e. The van der Waals surface area contributed by atoms with E-state index in [4.69, 9.17) is 4.84 Å². The number of aliphatic hydroxyl groups is 1. The van der Waals surface area contributed by atoms with Gasteiger partial charge in [0.1, 0.15) is 12.3 Å². The normalized spacial score (nSPS) is 44.3. The highest BCUT2D eigenvalue weighted by atomic mass is 19.2. The van der Waals surface area contributed by atoms with E-state index in [0.717, 1.165) is 0 Å². The number of hydrogen-bond donors (Lipinski definition) is 3. The third-order valence-electron chi connectivity index (χ3n) is 9.11. The minimum atomic E-state index is -1.76. The molecule has 3 aliphatic heterocycles. The predicted octanol–water partition coefficient (Wildman–Crippen LogP) is 4.77. The molecule has 0 bridgehead atoms. The number of hydrogen-bond acceptors (Lipinski definition) is 5. The van der Waals surface area contributed by atoms with Crippen LogP contribution in [-0.4, -0.2) is 71.9 Å². The van der Waals surface area contributed by atoms with Gasteiger partial charge in [-0.05, 0) is 49.7 Å². The molecule has 4 aliphatic rings. The lowest BCUT2D eigenvalue weighted by Crippen LogP contribution is -2.77. The van der Waals surface area contributed by atoms with Gasteiger partial charge in [0.2, 0.25) is 0 Å². The van der Waals surface area contributed by atoms with Gasteiger partial charge >= 0.3 is 0 Å². The maximum atomic E-state index is 16.8. The second kappa shape index (κ2) is 11.2. The second-order valence-corrected chi connectivity index (χ2v) is 11.3. The Labute approximate surface area is 217 Å². The summed E-state index contributed by atoms with van der Waals surface area (Å²) < 4.78 is 59.2. The van der Waals surface area contributed by atoms with E-state index in [-0.39, 0.29) is 56.1 Å². The van der Waals surface area contributed by atoms with Crippen LogP contribution in [0.25, 0.3) is 0 Å². The lowest BCUT2D eigenvalue weighted by Gasteiger charge is -2.73. The summed E-state index contributed by atoms with van der Waals surface area (Å²) in [6, 6.07) is -0.495. The lowest BCUT2D eigenvalue weighted by molar-refractivity contribution is -0.208. The third-order valence-corrected chi connectivity index (χ3v) is 9.11. The number of alkyl halides is 3. The van der Waals surface area contributed by atoms with E-state index in [1.807, 2.05) is 19.1 Å². The molecule has 37 heavy (non-hydrogen) atoms. The molecule has 2 fully saturated rings. The number of fused-ring (bicyclic) bond motifs is 3. The van der Waals surface area contributed by atoms with Crippen LogP contribution in [0.4, 0.5) is 17.6 Å². The van der Waals surface area contributed by atoms with E-state index in [1.54, 1.807) is 13.0 Å². The minimum Gasteiger partial charge on any atom is -0.387 e. The first-order valence-electron chi connectivity index (χ1n) is 13.4. The zero-order chi connectivity index (χ0) is 26.8. The summed E-state index contributed by atoms with van der Waals surface area (Å²) in [6.07, 6.45) is 6.29. The Morgan fingerprint density at radius 2 is 2.08 bits per heavy atom. The van der Waals surface area contributed by atoms with E-state index >= 15 is 4.39 Å². The van der Waals surface area contributed by atoms with Crippen LogP contribution in [-0.2, 0) is 4.84 Å². The Kier molecular flexibility index (Phi) is 8.58. The van der Waals surface area contributed by atoms with Crippen molar-refractivity contribution in [1.82, 2.24) is 15.7 Å². The van der Waals surface area contributed by atoms with Crippen molar-refractivity contribution in [3.8, 4) is 0 Å². The van der Waals surface area contributed by atoms with Gasteiger partial charge in [0, 0.05) is 37.5 Å². The summed E-state index contributed by atoms with van der Waals surface area (Å²) in [4.78, 5) is 7.40.